The number of nitrogens with one attached hydrogen (secondary N) is 1. The van der Waals surface area contributed by atoms with E-state index >= 15 is 0 Å². The second-order valence-corrected chi connectivity index (χ2v) is 6.44. The van der Waals surface area contributed by atoms with Crippen molar-refractivity contribution in [3.8, 4) is 0 Å². The molecule has 2 saturated carbocycles. The second kappa shape index (κ2) is 6.90. The number of methoxy groups -OCH3 is 1. The third kappa shape index (κ3) is 3.53. The van der Waals surface area contributed by atoms with Crippen LogP contribution in [0, 0.1) is 5.92 Å². The van der Waals surface area contributed by atoms with E-state index in [0.717, 1.165) is 38.3 Å². The van der Waals surface area contributed by atoms with Crippen LogP contribution in [-0.4, -0.2) is 49.2 Å². The van der Waals surface area contributed by atoms with E-state index < -0.39 is 5.54 Å². The molecular formula is C16H30N2O2. The van der Waals surface area contributed by atoms with Crippen molar-refractivity contribution >= 4 is 5.97 Å². The molecule has 1 N–H and O–H groups in total. The predicted molar refractivity (Wildman–Crippen MR) is 80.7 cm³/mol. The van der Waals surface area contributed by atoms with Gasteiger partial charge in [-0.25, -0.2) is 0 Å². The molecule has 116 valence electrons. The zero-order chi connectivity index (χ0) is 14.6. The molecule has 2 atom stereocenters. The zero-order valence-electron chi connectivity index (χ0n) is 13.3. The summed E-state index contributed by atoms with van der Waals surface area (Å²) in [6.45, 7) is 7.50. The van der Waals surface area contributed by atoms with Gasteiger partial charge in [-0.05, 0) is 57.5 Å². The maximum atomic E-state index is 12.2. The third-order valence-electron chi connectivity index (χ3n) is 4.80. The quantitative estimate of drug-likeness (QED) is 0.693. The van der Waals surface area contributed by atoms with Crippen LogP contribution in [0.2, 0.25) is 0 Å². The predicted octanol–water partition coefficient (Wildman–Crippen LogP) is 2.18. The van der Waals surface area contributed by atoms with E-state index in [1.807, 2.05) is 0 Å². The summed E-state index contributed by atoms with van der Waals surface area (Å²) in [4.78, 5) is 14.8. The van der Waals surface area contributed by atoms with E-state index in [9.17, 15) is 4.79 Å². The molecule has 0 aromatic heterocycles. The number of esters is 1. The smallest absolute Gasteiger partial charge is 0.326 e. The van der Waals surface area contributed by atoms with Gasteiger partial charge in [-0.1, -0.05) is 13.8 Å². The average Bonchev–Trinajstić information content (AvgIpc) is 3.16. The van der Waals surface area contributed by atoms with Crippen molar-refractivity contribution in [2.24, 2.45) is 5.92 Å². The van der Waals surface area contributed by atoms with Crippen LogP contribution >= 0.6 is 0 Å². The van der Waals surface area contributed by atoms with Crippen molar-refractivity contribution in [3.05, 3.63) is 0 Å². The minimum Gasteiger partial charge on any atom is -0.468 e. The van der Waals surface area contributed by atoms with Gasteiger partial charge in [0.05, 0.1) is 7.11 Å². The molecule has 0 heterocycles. The lowest BCUT2D eigenvalue weighted by Gasteiger charge is -2.31. The van der Waals surface area contributed by atoms with Crippen molar-refractivity contribution in [2.75, 3.05) is 26.7 Å². The highest BCUT2D eigenvalue weighted by Gasteiger charge is 2.47. The minimum atomic E-state index is -0.441. The molecule has 0 saturated heterocycles. The van der Waals surface area contributed by atoms with Gasteiger partial charge in [0.1, 0.15) is 5.54 Å². The first-order chi connectivity index (χ1) is 9.65. The fraction of sp³-hybridized carbons (Fsp3) is 0.938. The van der Waals surface area contributed by atoms with Crippen LogP contribution in [0.25, 0.3) is 0 Å². The van der Waals surface area contributed by atoms with Crippen molar-refractivity contribution in [2.45, 2.75) is 64.0 Å². The molecule has 2 aliphatic carbocycles. The van der Waals surface area contributed by atoms with Gasteiger partial charge in [0.25, 0.3) is 0 Å². The molecule has 0 aliphatic heterocycles. The maximum absolute atomic E-state index is 12.2. The van der Waals surface area contributed by atoms with Gasteiger partial charge in [-0.3, -0.25) is 4.79 Å². The Bertz CT molecular complexity index is 330. The van der Waals surface area contributed by atoms with E-state index in [1.54, 1.807) is 0 Å². The fourth-order valence-electron chi connectivity index (χ4n) is 3.63. The van der Waals surface area contributed by atoms with E-state index in [-0.39, 0.29) is 5.97 Å². The summed E-state index contributed by atoms with van der Waals surface area (Å²) in [5, 5.41) is 3.40. The van der Waals surface area contributed by atoms with Crippen molar-refractivity contribution in [3.63, 3.8) is 0 Å². The molecule has 0 spiro atoms. The molecule has 0 bridgehead atoms. The fourth-order valence-corrected chi connectivity index (χ4v) is 3.63. The molecule has 2 rings (SSSR count). The van der Waals surface area contributed by atoms with Gasteiger partial charge in [0.15, 0.2) is 0 Å². The zero-order valence-corrected chi connectivity index (χ0v) is 13.3. The van der Waals surface area contributed by atoms with E-state index in [4.69, 9.17) is 4.74 Å². The van der Waals surface area contributed by atoms with Crippen molar-refractivity contribution in [1.82, 2.24) is 10.2 Å². The molecule has 2 aliphatic rings. The third-order valence-corrected chi connectivity index (χ3v) is 4.80. The van der Waals surface area contributed by atoms with Crippen LogP contribution in [0.3, 0.4) is 0 Å². The maximum Gasteiger partial charge on any atom is 0.326 e. The Morgan fingerprint density at radius 1 is 1.35 bits per heavy atom. The first kappa shape index (κ1) is 15.8. The SMILES string of the molecule is CCCN(CC1CC1)C1CCC(NCC)(C(=O)OC)C1. The normalized spacial score (nSPS) is 29.9. The first-order valence-corrected chi connectivity index (χ1v) is 8.22. The van der Waals surface area contributed by atoms with Crippen LogP contribution in [0.15, 0.2) is 0 Å². The second-order valence-electron chi connectivity index (χ2n) is 6.44. The first-order valence-electron chi connectivity index (χ1n) is 8.22. The Kier molecular flexibility index (Phi) is 5.44. The lowest BCUT2D eigenvalue weighted by atomic mass is 9.97. The molecule has 0 aromatic carbocycles. The summed E-state index contributed by atoms with van der Waals surface area (Å²) < 4.78 is 5.05. The summed E-state index contributed by atoms with van der Waals surface area (Å²) in [5.74, 6) is 0.832. The Hall–Kier alpha value is -0.610. The molecule has 4 heteroatoms. The van der Waals surface area contributed by atoms with Crippen LogP contribution in [0.1, 0.15) is 52.4 Å². The summed E-state index contributed by atoms with van der Waals surface area (Å²) in [6.07, 6.45) is 6.89. The molecule has 0 amide bonds. The molecule has 2 fully saturated rings. The molecule has 4 nitrogen and oxygen atoms in total. The lowest BCUT2D eigenvalue weighted by molar-refractivity contribution is -0.148. The Morgan fingerprint density at radius 2 is 2.10 bits per heavy atom. The van der Waals surface area contributed by atoms with Crippen LogP contribution < -0.4 is 5.32 Å². The molecular weight excluding hydrogens is 252 g/mol. The van der Waals surface area contributed by atoms with Crippen LogP contribution in [0.4, 0.5) is 0 Å². The number of nitrogens with zero attached hydrogens (tertiary/aromatic N) is 1. The molecule has 0 aromatic rings. The van der Waals surface area contributed by atoms with Gasteiger partial charge in [-0.2, -0.15) is 0 Å². The topological polar surface area (TPSA) is 41.6 Å². The van der Waals surface area contributed by atoms with Gasteiger partial charge in [0, 0.05) is 12.6 Å². The van der Waals surface area contributed by atoms with Gasteiger partial charge >= 0.3 is 5.97 Å². The minimum absolute atomic E-state index is 0.0790. The summed E-state index contributed by atoms with van der Waals surface area (Å²) in [5.41, 5.74) is -0.441. The van der Waals surface area contributed by atoms with Gasteiger partial charge < -0.3 is 15.0 Å². The summed E-state index contributed by atoms with van der Waals surface area (Å²) in [7, 11) is 1.50. The highest BCUT2D eigenvalue weighted by atomic mass is 16.5. The number of hydrogen-bond acceptors (Lipinski definition) is 4. The van der Waals surface area contributed by atoms with E-state index in [0.29, 0.717) is 6.04 Å². The highest BCUT2D eigenvalue weighted by Crippen LogP contribution is 2.37. The monoisotopic (exact) mass is 282 g/mol. The van der Waals surface area contributed by atoms with Gasteiger partial charge in [0.2, 0.25) is 0 Å². The van der Waals surface area contributed by atoms with Crippen LogP contribution in [-0.2, 0) is 9.53 Å². The Balaban J connectivity index is 2.00. The van der Waals surface area contributed by atoms with Crippen molar-refractivity contribution < 1.29 is 9.53 Å². The standard InChI is InChI=1S/C16H30N2O2/c1-4-10-18(12-13-6-7-13)14-8-9-16(11-14,17-5-2)15(19)20-3/h13-14,17H,4-12H2,1-3H3. The van der Waals surface area contributed by atoms with E-state index in [1.165, 1.54) is 32.9 Å². The molecule has 2 unspecified atom stereocenters. The van der Waals surface area contributed by atoms with Gasteiger partial charge in [-0.15, -0.1) is 0 Å². The molecule has 0 radical (unpaired) electrons. The number of likely N-dealkylation sites (N-methyl/N-ethyl adjacent to an activating group) is 1. The average molecular weight is 282 g/mol. The van der Waals surface area contributed by atoms with E-state index in [2.05, 4.69) is 24.1 Å². The summed E-state index contributed by atoms with van der Waals surface area (Å²) in [6, 6.07) is 0.536. The number of hydrogen-bond donors (Lipinski definition) is 1. The number of carbonyl (C=O) groups excluding carboxylic acids is 1. The summed E-state index contributed by atoms with van der Waals surface area (Å²) >= 11 is 0. The number of carbonyl (C=O) groups is 1. The van der Waals surface area contributed by atoms with Crippen LogP contribution in [0.5, 0.6) is 0 Å². The largest absolute Gasteiger partial charge is 0.468 e. The molecule has 20 heavy (non-hydrogen) atoms. The highest BCUT2D eigenvalue weighted by molar-refractivity contribution is 5.81. The Morgan fingerprint density at radius 3 is 2.65 bits per heavy atom. The number of rotatable bonds is 8. The van der Waals surface area contributed by atoms with Crippen molar-refractivity contribution in [1.29, 1.82) is 0 Å². The lowest BCUT2D eigenvalue weighted by Crippen LogP contribution is -2.52. The Labute approximate surface area is 123 Å². The number of ether oxygens (including phenoxy) is 1.